The van der Waals surface area contributed by atoms with E-state index in [0.717, 1.165) is 32.2 Å². The summed E-state index contributed by atoms with van der Waals surface area (Å²) in [4.78, 5) is 65.7. The van der Waals surface area contributed by atoms with Gasteiger partial charge in [-0.3, -0.25) is 28.8 Å². The maximum atomic E-state index is 10.3. The second kappa shape index (κ2) is 33.0. The molecule has 48 heavy (non-hydrogen) atoms. The number of imidazole rings is 1. The van der Waals surface area contributed by atoms with E-state index in [9.17, 15) is 28.8 Å². The molecule has 1 aliphatic rings. The monoisotopic (exact) mass is 717 g/mol. The molecule has 0 saturated carbocycles. The number of nitrogens with two attached hydrogens (primary N) is 6. The SMILES string of the molecule is NC(CO)C(=O)O.NC(CS)C(=O)O.NC(Cc1c[nH]cn1)C(=O)O.NCC(=O)O.NCCCCC(N)C(=O)O.O=C(O)[C@@H]1CCCN1. The van der Waals surface area contributed by atoms with Gasteiger partial charge in [0.05, 0.1) is 25.2 Å². The lowest BCUT2D eigenvalue weighted by Gasteiger charge is -2.03. The molecule has 5 atom stereocenters. The van der Waals surface area contributed by atoms with Gasteiger partial charge in [0.25, 0.3) is 0 Å². The molecule has 280 valence electrons. The van der Waals surface area contributed by atoms with Crippen molar-refractivity contribution in [3.63, 3.8) is 0 Å². The van der Waals surface area contributed by atoms with Crippen LogP contribution in [0.25, 0.3) is 0 Å². The first-order chi connectivity index (χ1) is 22.3. The number of hydrogen-bond donors (Lipinski definition) is 16. The molecule has 0 aromatic carbocycles. The molecule has 22 nitrogen and oxygen atoms in total. The number of aromatic nitrogens is 2. The van der Waals surface area contributed by atoms with Crippen LogP contribution >= 0.6 is 12.6 Å². The minimum atomic E-state index is -1.18. The quantitative estimate of drug-likeness (QED) is 0.0636. The van der Waals surface area contributed by atoms with Crippen LogP contribution in [0.3, 0.4) is 0 Å². The highest BCUT2D eigenvalue weighted by Crippen LogP contribution is 2.03. The molecule has 21 N–H and O–H groups in total. The number of nitrogens with zero attached hydrogens (tertiary/aromatic N) is 1. The van der Waals surface area contributed by atoms with E-state index in [0.29, 0.717) is 18.7 Å². The first-order valence-electron chi connectivity index (χ1n) is 14.0. The molecule has 1 saturated heterocycles. The summed E-state index contributed by atoms with van der Waals surface area (Å²) in [5, 5.41) is 59.5. The zero-order valence-corrected chi connectivity index (χ0v) is 27.2. The van der Waals surface area contributed by atoms with Gasteiger partial charge in [0.2, 0.25) is 0 Å². The minimum absolute atomic E-state index is 0.190. The van der Waals surface area contributed by atoms with Crippen LogP contribution < -0.4 is 39.7 Å². The lowest BCUT2D eigenvalue weighted by Crippen LogP contribution is -2.33. The summed E-state index contributed by atoms with van der Waals surface area (Å²) in [7, 11) is 0. The highest BCUT2D eigenvalue weighted by Gasteiger charge is 2.20. The van der Waals surface area contributed by atoms with Crippen LogP contribution in [0.15, 0.2) is 12.5 Å². The predicted octanol–water partition coefficient (Wildman–Crippen LogP) is -4.54. The predicted molar refractivity (Wildman–Crippen MR) is 174 cm³/mol. The van der Waals surface area contributed by atoms with Crippen LogP contribution in [0.1, 0.15) is 37.8 Å². The third-order valence-corrected chi connectivity index (χ3v) is 5.54. The largest absolute Gasteiger partial charge is 0.480 e. The maximum absolute atomic E-state index is 10.3. The molecule has 4 unspecified atom stereocenters. The van der Waals surface area contributed by atoms with Crippen molar-refractivity contribution in [1.29, 1.82) is 0 Å². The lowest BCUT2D eigenvalue weighted by atomic mass is 10.1. The highest BCUT2D eigenvalue weighted by molar-refractivity contribution is 7.80. The van der Waals surface area contributed by atoms with Crippen molar-refractivity contribution in [2.24, 2.45) is 34.4 Å². The van der Waals surface area contributed by atoms with Crippen LogP contribution in [-0.2, 0) is 35.2 Å². The number of carbonyl (C=O) groups is 6. The number of unbranched alkanes of at least 4 members (excludes halogenated alkanes) is 1. The number of carboxylic acid groups (broad SMARTS) is 6. The second-order valence-corrected chi connectivity index (χ2v) is 9.64. The van der Waals surface area contributed by atoms with E-state index in [-0.39, 0.29) is 24.8 Å². The van der Waals surface area contributed by atoms with Crippen molar-refractivity contribution in [3.8, 4) is 0 Å². The van der Waals surface area contributed by atoms with Crippen LogP contribution in [-0.4, -0.2) is 144 Å². The van der Waals surface area contributed by atoms with E-state index in [1.54, 1.807) is 6.20 Å². The number of carboxylic acids is 6. The molecule has 0 radical (unpaired) electrons. The third kappa shape index (κ3) is 34.9. The van der Waals surface area contributed by atoms with Crippen molar-refractivity contribution in [2.45, 2.75) is 68.7 Å². The van der Waals surface area contributed by atoms with E-state index in [1.807, 2.05) is 0 Å². The zero-order valence-electron chi connectivity index (χ0n) is 26.3. The number of hydrogen-bond acceptors (Lipinski definition) is 16. The summed E-state index contributed by atoms with van der Waals surface area (Å²) in [6.45, 7) is 0.679. The summed E-state index contributed by atoms with van der Waals surface area (Å²) in [5.41, 5.74) is 30.6. The smallest absolute Gasteiger partial charge is 0.322 e. The van der Waals surface area contributed by atoms with E-state index in [1.165, 1.54) is 6.33 Å². The fourth-order valence-electron chi connectivity index (χ4n) is 2.40. The molecule has 2 heterocycles. The Labute approximate surface area is 281 Å². The van der Waals surface area contributed by atoms with Gasteiger partial charge in [0, 0.05) is 18.4 Å². The van der Waals surface area contributed by atoms with Gasteiger partial charge in [0.15, 0.2) is 0 Å². The fraction of sp³-hybridized carbons (Fsp3) is 0.640. The summed E-state index contributed by atoms with van der Waals surface area (Å²) >= 11 is 3.65. The second-order valence-electron chi connectivity index (χ2n) is 9.28. The number of aliphatic carboxylic acids is 6. The normalized spacial score (nSPS) is 15.0. The van der Waals surface area contributed by atoms with Crippen molar-refractivity contribution in [3.05, 3.63) is 18.2 Å². The molecule has 0 spiro atoms. The highest BCUT2D eigenvalue weighted by atomic mass is 32.1. The Balaban J connectivity index is -0.000000246. The summed E-state index contributed by atoms with van der Waals surface area (Å²) in [6.07, 6.45) is 7.33. The first-order valence-corrected chi connectivity index (χ1v) is 14.7. The van der Waals surface area contributed by atoms with Crippen molar-refractivity contribution < 1.29 is 64.5 Å². The average molecular weight is 718 g/mol. The van der Waals surface area contributed by atoms with E-state index in [4.69, 9.17) is 64.4 Å². The first kappa shape index (κ1) is 50.9. The van der Waals surface area contributed by atoms with Crippen molar-refractivity contribution in [2.75, 3.05) is 32.0 Å². The molecule has 1 aromatic heterocycles. The molecular weight excluding hydrogens is 666 g/mol. The Morgan fingerprint density at radius 1 is 0.833 bits per heavy atom. The van der Waals surface area contributed by atoms with Gasteiger partial charge in [-0.2, -0.15) is 12.6 Å². The van der Waals surface area contributed by atoms with E-state index in [2.05, 4.69) is 33.6 Å². The number of thiol groups is 1. The van der Waals surface area contributed by atoms with Gasteiger partial charge in [-0.05, 0) is 38.8 Å². The van der Waals surface area contributed by atoms with Crippen LogP contribution in [0.2, 0.25) is 0 Å². The van der Waals surface area contributed by atoms with Gasteiger partial charge >= 0.3 is 35.8 Å². The number of rotatable bonds is 14. The Kier molecular flexibility index (Phi) is 35.0. The third-order valence-electron chi connectivity index (χ3n) is 5.15. The topological polar surface area (TPSA) is 441 Å². The summed E-state index contributed by atoms with van der Waals surface area (Å²) < 4.78 is 0. The minimum Gasteiger partial charge on any atom is -0.480 e. The molecule has 0 amide bonds. The van der Waals surface area contributed by atoms with Gasteiger partial charge in [-0.25, -0.2) is 4.98 Å². The van der Waals surface area contributed by atoms with Gasteiger partial charge in [-0.15, -0.1) is 0 Å². The number of aliphatic hydroxyl groups is 1. The molecule has 0 bridgehead atoms. The molecule has 0 aliphatic carbocycles. The lowest BCUT2D eigenvalue weighted by molar-refractivity contribution is -0.140. The Morgan fingerprint density at radius 2 is 1.33 bits per heavy atom. The van der Waals surface area contributed by atoms with E-state index >= 15 is 0 Å². The fourth-order valence-corrected chi connectivity index (χ4v) is 2.55. The van der Waals surface area contributed by atoms with E-state index < -0.39 is 66.6 Å². The molecule has 1 aliphatic heterocycles. The Bertz CT molecular complexity index is 998. The molecule has 23 heteroatoms. The van der Waals surface area contributed by atoms with Crippen molar-refractivity contribution in [1.82, 2.24) is 15.3 Å². The molecule has 1 aromatic rings. The van der Waals surface area contributed by atoms with Gasteiger partial charge < -0.3 is 80.4 Å². The Morgan fingerprint density at radius 3 is 1.56 bits per heavy atom. The maximum Gasteiger partial charge on any atom is 0.322 e. The van der Waals surface area contributed by atoms with Gasteiger partial charge in [-0.1, -0.05) is 6.42 Å². The zero-order chi connectivity index (χ0) is 38.2. The molecule has 1 fully saturated rings. The number of aliphatic hydroxyl groups excluding tert-OH is 1. The summed E-state index contributed by atoms with van der Waals surface area (Å²) in [6, 6.07) is -3.79. The van der Waals surface area contributed by atoms with Crippen LogP contribution in [0.5, 0.6) is 0 Å². The van der Waals surface area contributed by atoms with Gasteiger partial charge in [0.1, 0.15) is 30.2 Å². The number of aromatic amines is 1. The van der Waals surface area contributed by atoms with Crippen LogP contribution in [0.4, 0.5) is 0 Å². The standard InChI is InChI=1S/C6H9N3O2.C6H14N2O2.C5H9NO2.C3H7NO3.C3H7NO2S.C2H5NO2/c7-5(6(10)11)1-4-2-8-3-9-4;7-4-2-1-3-5(8)6(9)10;7-5(8)4-2-1-3-6-4;4-2(1-5)3(6)7;4-2(1-7)3(5)6;3-1-2(4)5/h2-3,5H,1,7H2,(H,8,9)(H,10,11);5H,1-4,7-8H2,(H,9,10);4,6H,1-3H2,(H,7,8);2,5H,1,4H2,(H,6,7);2,7H,1,4H2,(H,5,6);1,3H2,(H,4,5)/t;;4-;;;/m..0.../s1. The molecular formula is C25H51N9O13S. The number of H-pyrrole nitrogens is 1. The Hall–Kier alpha value is -3.94. The average Bonchev–Trinajstić information content (AvgIpc) is 3.77. The number of nitrogens with one attached hydrogen (secondary N) is 2. The molecule has 2 rings (SSSR count). The van der Waals surface area contributed by atoms with Crippen LogP contribution in [0, 0.1) is 0 Å². The summed E-state index contributed by atoms with van der Waals surface area (Å²) in [5.74, 6) is -5.62. The van der Waals surface area contributed by atoms with Crippen molar-refractivity contribution >= 4 is 48.4 Å².